The van der Waals surface area contributed by atoms with Gasteiger partial charge in [-0.1, -0.05) is 280 Å². The lowest BCUT2D eigenvalue weighted by molar-refractivity contribution is -0.161. The number of ether oxygens (including phenoxy) is 2. The Kier molecular flexibility index (Phi) is 62.8. The molecule has 0 rings (SSSR count). The van der Waals surface area contributed by atoms with Gasteiger partial charge < -0.3 is 20.1 Å². The second-order valence-electron chi connectivity index (χ2n) is 20.9. The van der Waals surface area contributed by atoms with Crippen LogP contribution in [0.15, 0.2) is 170 Å². The summed E-state index contributed by atoms with van der Waals surface area (Å²) in [5.74, 6) is -0.905. The minimum atomic E-state index is -4.42. The smallest absolute Gasteiger partial charge is 0.462 e. The van der Waals surface area contributed by atoms with Crippen LogP contribution in [0.2, 0.25) is 0 Å². The van der Waals surface area contributed by atoms with Gasteiger partial charge in [-0.15, -0.1) is 0 Å². The molecule has 0 aromatic heterocycles. The molecule has 83 heavy (non-hydrogen) atoms. The van der Waals surface area contributed by atoms with Crippen LogP contribution < -0.4 is 5.73 Å². The number of phosphoric ester groups is 1. The average Bonchev–Trinajstić information content (AvgIpc) is 3.49. The molecule has 0 spiro atoms. The molecule has 0 amide bonds. The van der Waals surface area contributed by atoms with Crippen molar-refractivity contribution in [2.75, 3.05) is 26.4 Å². The Balaban J connectivity index is 4.04. The Morgan fingerprint density at radius 3 is 0.964 bits per heavy atom. The third kappa shape index (κ3) is 66.4. The van der Waals surface area contributed by atoms with Crippen LogP contribution in [0.1, 0.15) is 245 Å². The molecule has 9 nitrogen and oxygen atoms in total. The fourth-order valence-corrected chi connectivity index (χ4v) is 9.14. The van der Waals surface area contributed by atoms with Gasteiger partial charge >= 0.3 is 19.8 Å². The number of nitrogens with two attached hydrogens (primary N) is 1. The molecule has 468 valence electrons. The van der Waals surface area contributed by atoms with E-state index in [1.807, 2.05) is 6.08 Å². The zero-order chi connectivity index (χ0) is 60.1. The normalized spacial score (nSPS) is 14.1. The van der Waals surface area contributed by atoms with Gasteiger partial charge in [0.15, 0.2) is 6.10 Å². The number of unbranched alkanes of at least 4 members (excludes halogenated alkanes) is 18. The summed E-state index contributed by atoms with van der Waals surface area (Å²) in [6.45, 7) is 3.44. The van der Waals surface area contributed by atoms with E-state index in [1.54, 1.807) is 0 Å². The van der Waals surface area contributed by atoms with Crippen molar-refractivity contribution in [2.24, 2.45) is 5.73 Å². The lowest BCUT2D eigenvalue weighted by atomic mass is 10.0. The standard InChI is InChI=1S/C73H118NO8P/c1-3-5-7-9-11-13-15-17-19-21-23-25-27-29-31-33-34-35-36-38-39-41-43-45-47-49-51-53-55-57-59-61-63-65-72(75)79-69-71(70-81-83(77,78)80-68-67-74)82-73(76)66-64-62-60-58-56-54-52-50-48-46-44-42-40-37-32-30-28-26-24-22-20-18-16-14-12-10-8-6-4-2/h5-8,11-14,17-20,23-26,29-32,40,42,46,48,52,54,58,60,71H,3-4,9-10,15-16,21-22,27-28,33-39,41,43-45,47,49-51,53,55-57,59,61-70,74H2,1-2H3,(H,77,78)/b7-5-,8-6-,13-11-,14-12-,19-17-,20-18-,25-23-,26-24-,31-29-,32-30-,42-40-,48-46-,54-52-,60-58-. The zero-order valence-corrected chi connectivity index (χ0v) is 53.3. The molecule has 2 unspecified atom stereocenters. The van der Waals surface area contributed by atoms with Gasteiger partial charge in [0, 0.05) is 19.4 Å². The van der Waals surface area contributed by atoms with Gasteiger partial charge in [-0.05, 0) is 122 Å². The lowest BCUT2D eigenvalue weighted by Crippen LogP contribution is -2.29. The molecule has 0 fully saturated rings. The second-order valence-corrected chi connectivity index (χ2v) is 22.3. The highest BCUT2D eigenvalue weighted by molar-refractivity contribution is 7.47. The topological polar surface area (TPSA) is 134 Å². The highest BCUT2D eigenvalue weighted by Gasteiger charge is 2.26. The summed E-state index contributed by atoms with van der Waals surface area (Å²) in [4.78, 5) is 35.3. The summed E-state index contributed by atoms with van der Waals surface area (Å²) in [7, 11) is -4.42. The van der Waals surface area contributed by atoms with Crippen molar-refractivity contribution in [3.8, 4) is 0 Å². The molecule has 3 N–H and O–H groups in total. The molecule has 0 aliphatic heterocycles. The maximum atomic E-state index is 12.7. The Morgan fingerprint density at radius 2 is 0.639 bits per heavy atom. The zero-order valence-electron chi connectivity index (χ0n) is 52.4. The summed E-state index contributed by atoms with van der Waals surface area (Å²) in [5, 5.41) is 0. The van der Waals surface area contributed by atoms with Gasteiger partial charge in [0.2, 0.25) is 0 Å². The molecule has 0 aromatic rings. The number of hydrogen-bond acceptors (Lipinski definition) is 8. The van der Waals surface area contributed by atoms with E-state index in [4.69, 9.17) is 24.3 Å². The van der Waals surface area contributed by atoms with Gasteiger partial charge in [-0.25, -0.2) is 4.57 Å². The van der Waals surface area contributed by atoms with Crippen LogP contribution in [0.5, 0.6) is 0 Å². The summed E-state index contributed by atoms with van der Waals surface area (Å²) < 4.78 is 33.0. The number of hydrogen-bond donors (Lipinski definition) is 2. The van der Waals surface area contributed by atoms with E-state index >= 15 is 0 Å². The van der Waals surface area contributed by atoms with E-state index in [2.05, 4.69) is 178 Å². The Labute approximate surface area is 508 Å². The largest absolute Gasteiger partial charge is 0.472 e. The first-order chi connectivity index (χ1) is 40.8. The van der Waals surface area contributed by atoms with Crippen molar-refractivity contribution < 1.29 is 37.6 Å². The van der Waals surface area contributed by atoms with Crippen LogP contribution in [0.25, 0.3) is 0 Å². The predicted molar refractivity (Wildman–Crippen MR) is 357 cm³/mol. The molecule has 0 radical (unpaired) electrons. The van der Waals surface area contributed by atoms with Crippen molar-refractivity contribution in [3.63, 3.8) is 0 Å². The Morgan fingerprint density at radius 1 is 0.361 bits per heavy atom. The third-order valence-electron chi connectivity index (χ3n) is 13.1. The minimum Gasteiger partial charge on any atom is -0.462 e. The first kappa shape index (κ1) is 78.4. The summed E-state index contributed by atoms with van der Waals surface area (Å²) in [6.07, 6.45) is 98.6. The fraction of sp³-hybridized carbons (Fsp3) is 0.589. The molecule has 0 aliphatic carbocycles. The fourth-order valence-electron chi connectivity index (χ4n) is 8.37. The molecular formula is C73H118NO8P. The van der Waals surface area contributed by atoms with Crippen LogP contribution in [-0.2, 0) is 32.7 Å². The van der Waals surface area contributed by atoms with E-state index < -0.39 is 32.5 Å². The number of allylic oxidation sites excluding steroid dienone is 28. The Hall–Kier alpha value is -4.63. The Bertz CT molecular complexity index is 1960. The van der Waals surface area contributed by atoms with Crippen LogP contribution in [0.3, 0.4) is 0 Å². The van der Waals surface area contributed by atoms with Crippen LogP contribution in [-0.4, -0.2) is 49.3 Å². The predicted octanol–water partition coefficient (Wildman–Crippen LogP) is 21.4. The monoisotopic (exact) mass is 1170 g/mol. The molecule has 0 heterocycles. The molecule has 10 heteroatoms. The van der Waals surface area contributed by atoms with Crippen molar-refractivity contribution in [3.05, 3.63) is 170 Å². The van der Waals surface area contributed by atoms with E-state index in [0.29, 0.717) is 12.8 Å². The lowest BCUT2D eigenvalue weighted by Gasteiger charge is -2.19. The maximum absolute atomic E-state index is 12.7. The third-order valence-corrected chi connectivity index (χ3v) is 14.1. The van der Waals surface area contributed by atoms with Crippen molar-refractivity contribution in [1.29, 1.82) is 0 Å². The quantitative estimate of drug-likeness (QED) is 0.0264. The molecule has 0 saturated carbocycles. The molecule has 0 aromatic carbocycles. The molecule has 2 atom stereocenters. The van der Waals surface area contributed by atoms with E-state index in [9.17, 15) is 19.0 Å². The van der Waals surface area contributed by atoms with Crippen molar-refractivity contribution >= 4 is 19.8 Å². The van der Waals surface area contributed by atoms with E-state index in [-0.39, 0.29) is 32.6 Å². The first-order valence-corrected chi connectivity index (χ1v) is 34.1. The molecule has 0 saturated heterocycles. The van der Waals surface area contributed by atoms with Gasteiger partial charge in [0.05, 0.1) is 13.2 Å². The van der Waals surface area contributed by atoms with Gasteiger partial charge in [-0.2, -0.15) is 0 Å². The number of carbonyl (C=O) groups excluding carboxylic acids is 2. The minimum absolute atomic E-state index is 0.0358. The van der Waals surface area contributed by atoms with E-state index in [1.165, 1.54) is 89.9 Å². The van der Waals surface area contributed by atoms with Gasteiger partial charge in [0.25, 0.3) is 0 Å². The molecular weight excluding hydrogens is 1050 g/mol. The summed E-state index contributed by atoms with van der Waals surface area (Å²) in [6, 6.07) is 0. The molecule has 0 aliphatic rings. The number of carbonyl (C=O) groups is 2. The SMILES string of the molecule is CC/C=C\C/C=C\C/C=C\C/C=C\C/C=C\C/C=C\C/C=C\C/C=C\C/C=C\CCCC(=O)OC(COC(=O)CCCCCCCCCCCCCCCCCCC/C=C\C/C=C\C/C=C\C/C=C\C/C=C\CC)COP(=O)(O)OCCN. The van der Waals surface area contributed by atoms with Gasteiger partial charge in [-0.3, -0.25) is 18.6 Å². The average molecular weight is 1170 g/mol. The van der Waals surface area contributed by atoms with Crippen molar-refractivity contribution in [1.82, 2.24) is 0 Å². The van der Waals surface area contributed by atoms with Crippen LogP contribution >= 0.6 is 7.82 Å². The first-order valence-electron chi connectivity index (χ1n) is 32.6. The summed E-state index contributed by atoms with van der Waals surface area (Å²) >= 11 is 0. The van der Waals surface area contributed by atoms with E-state index in [0.717, 1.165) is 116 Å². The summed E-state index contributed by atoms with van der Waals surface area (Å²) in [5.41, 5.74) is 5.39. The number of esters is 2. The number of rotatable bonds is 59. The van der Waals surface area contributed by atoms with Crippen molar-refractivity contribution in [2.45, 2.75) is 251 Å². The maximum Gasteiger partial charge on any atom is 0.472 e. The highest BCUT2D eigenvalue weighted by Crippen LogP contribution is 2.43. The number of phosphoric acid groups is 1. The van der Waals surface area contributed by atoms with Gasteiger partial charge in [0.1, 0.15) is 6.61 Å². The molecule has 0 bridgehead atoms. The second kappa shape index (κ2) is 66.5. The highest BCUT2D eigenvalue weighted by atomic mass is 31.2. The van der Waals surface area contributed by atoms with Crippen LogP contribution in [0.4, 0.5) is 0 Å². The van der Waals surface area contributed by atoms with Crippen LogP contribution in [0, 0.1) is 0 Å².